The predicted octanol–water partition coefficient (Wildman–Crippen LogP) is 26.3. The van der Waals surface area contributed by atoms with Crippen molar-refractivity contribution < 1.29 is 103 Å². The molecule has 7 heterocycles. The fraction of sp³-hybridized carbons (Fsp3) is 0.475. The van der Waals surface area contributed by atoms with Gasteiger partial charge in [-0.25, -0.2) is 0 Å². The van der Waals surface area contributed by atoms with Crippen LogP contribution in [0.4, 0.5) is 0 Å². The Kier molecular flexibility index (Phi) is 62.6. The highest BCUT2D eigenvalue weighted by Crippen LogP contribution is 2.21. The van der Waals surface area contributed by atoms with Crippen LogP contribution in [0.2, 0.25) is 0 Å². The summed E-state index contributed by atoms with van der Waals surface area (Å²) in [5.41, 5.74) is 15.4. The largest absolute Gasteiger partial charge is 0.494 e. The summed E-state index contributed by atoms with van der Waals surface area (Å²) in [6.07, 6.45) is 20.1. The van der Waals surface area contributed by atoms with Gasteiger partial charge in [0.2, 0.25) is 0 Å². The fourth-order valence-electron chi connectivity index (χ4n) is 13.9. The van der Waals surface area contributed by atoms with E-state index in [1.54, 1.807) is 0 Å². The molecule has 14 aromatic rings. The summed E-state index contributed by atoms with van der Waals surface area (Å²) in [5, 5.41) is 27.5. The molecule has 0 bridgehead atoms. The van der Waals surface area contributed by atoms with Crippen LogP contribution in [-0.2, 0) is 83.2 Å². The molecule has 29 nitrogen and oxygen atoms in total. The lowest BCUT2D eigenvalue weighted by molar-refractivity contribution is 0.0288. The maximum absolute atomic E-state index is 5.68. The standard InChI is InChI=1S/2C18H25NO3.4C17H23NO3.C16H21NO4/c1-15-7-9-18(10-8-15)21-13-5-12-20-11-4-3-6-17-14-16(2)22-19-17;1-15-7-9-18(10-8-15)21-13-12-20-11-5-3-4-6-17-14-16(2)22-19-17;1-14-6-8-17(9-7-14)20-12-4-11-19-10-3-5-16-13-15(2)21-18-16;1-14-5-7-17(8-6-14)20-11-4-3-10-19-12-9-16-13-15(2)21-18-16;1-14-6-8-17(9-7-14)20-12-11-19-10-4-3-5-16-13-15(2)21-18-16;1-14-6-8-17(9-7-14)20-11-5-3-4-10-19-13-16-12-15(2)21-18-16;1-13-3-5-16(6-4-13)20-10-9-18-7-8-19-12-15-11-14(2)21-17-15/h2*7-10,14H,3-6,11-13H2,1-2H3;6-9,13H,3-5,10-12H2,1-2H3;5-8,13H,3-4,9-12H2,1-2H3;6-9,13H,3-5,10-12H2,1-2H3;6-9,12H,3-5,10-11,13H2,1-2H3;3-6,11H,7-10,12H2,1-2H3. The zero-order valence-corrected chi connectivity index (χ0v) is 90.7. The number of benzene rings is 7. The Morgan fingerprint density at radius 1 is 0.148 bits per heavy atom. The summed E-state index contributed by atoms with van der Waals surface area (Å²) in [4.78, 5) is 0. The van der Waals surface area contributed by atoms with E-state index in [9.17, 15) is 0 Å². The van der Waals surface area contributed by atoms with Gasteiger partial charge in [-0.1, -0.05) is 166 Å². The third kappa shape index (κ3) is 60.5. The third-order valence-corrected chi connectivity index (χ3v) is 22.2. The lowest BCUT2D eigenvalue weighted by Crippen LogP contribution is -2.10. The molecule has 0 aliphatic carbocycles. The van der Waals surface area contributed by atoms with Gasteiger partial charge < -0.3 is 103 Å². The van der Waals surface area contributed by atoms with Gasteiger partial charge in [-0.05, 0) is 285 Å². The molecule has 0 saturated heterocycles. The molecule has 7 aromatic carbocycles. The maximum Gasteiger partial charge on any atom is 0.134 e. The van der Waals surface area contributed by atoms with Crippen LogP contribution in [0.25, 0.3) is 0 Å². The van der Waals surface area contributed by atoms with E-state index in [2.05, 4.69) is 126 Å². The van der Waals surface area contributed by atoms with E-state index in [0.717, 1.165) is 315 Å². The van der Waals surface area contributed by atoms with Crippen LogP contribution in [0.15, 0.2) is 244 Å². The number of ether oxygens (including phenoxy) is 15. The van der Waals surface area contributed by atoms with Crippen molar-refractivity contribution in [2.75, 3.05) is 139 Å². The number of hydrogen-bond donors (Lipinski definition) is 0. The average molecular weight is 2060 g/mol. The van der Waals surface area contributed by atoms with Gasteiger partial charge in [-0.15, -0.1) is 0 Å². The molecule has 0 fully saturated rings. The van der Waals surface area contributed by atoms with Crippen LogP contribution in [0.3, 0.4) is 0 Å². The molecule has 149 heavy (non-hydrogen) atoms. The second-order valence-electron chi connectivity index (χ2n) is 36.5. The highest BCUT2D eigenvalue weighted by atomic mass is 16.6. The molecule has 0 atom stereocenters. The van der Waals surface area contributed by atoms with Crippen molar-refractivity contribution in [2.45, 2.75) is 239 Å². The zero-order chi connectivity index (χ0) is 106. The Morgan fingerprint density at radius 2 is 0.322 bits per heavy atom. The quantitative estimate of drug-likeness (QED) is 0.0320. The van der Waals surface area contributed by atoms with Gasteiger partial charge >= 0.3 is 0 Å². The molecule has 7 aromatic heterocycles. The van der Waals surface area contributed by atoms with Crippen LogP contribution in [0.5, 0.6) is 40.2 Å². The average Bonchev–Trinajstić information content (AvgIpc) is 1.66. The highest BCUT2D eigenvalue weighted by molar-refractivity contribution is 5.31. The Hall–Kier alpha value is -12.7. The first-order valence-electron chi connectivity index (χ1n) is 52.6. The molecule has 0 aliphatic rings. The Balaban J connectivity index is 0.000000212. The Morgan fingerprint density at radius 3 is 0.617 bits per heavy atom. The van der Waals surface area contributed by atoms with E-state index in [1.165, 1.54) is 38.9 Å². The van der Waals surface area contributed by atoms with Gasteiger partial charge in [-0.3, -0.25) is 0 Å². The van der Waals surface area contributed by atoms with Crippen LogP contribution < -0.4 is 33.2 Å². The third-order valence-electron chi connectivity index (χ3n) is 22.2. The van der Waals surface area contributed by atoms with Gasteiger partial charge in [0.15, 0.2) is 0 Å². The number of hydrogen-bond acceptors (Lipinski definition) is 29. The van der Waals surface area contributed by atoms with Crippen molar-refractivity contribution in [3.63, 3.8) is 0 Å². The van der Waals surface area contributed by atoms with Crippen LogP contribution in [-0.4, -0.2) is 175 Å². The summed E-state index contributed by atoms with van der Waals surface area (Å²) in [5.74, 6) is 12.3. The number of aryl methyl sites for hydroxylation is 18. The number of unbranched alkanes of at least 4 members (excludes halogenated alkanes) is 7. The molecular weight excluding hydrogens is 1890 g/mol. The number of rotatable bonds is 65. The maximum atomic E-state index is 5.68. The van der Waals surface area contributed by atoms with Crippen molar-refractivity contribution >= 4 is 0 Å². The van der Waals surface area contributed by atoms with Gasteiger partial charge in [0.25, 0.3) is 0 Å². The van der Waals surface area contributed by atoms with E-state index < -0.39 is 0 Å². The topological polar surface area (TPSA) is 321 Å². The van der Waals surface area contributed by atoms with Crippen molar-refractivity contribution in [1.29, 1.82) is 0 Å². The minimum atomic E-state index is 0.445. The van der Waals surface area contributed by atoms with Crippen molar-refractivity contribution in [1.82, 2.24) is 36.1 Å². The van der Waals surface area contributed by atoms with Crippen LogP contribution in [0.1, 0.15) is 215 Å². The molecule has 810 valence electrons. The monoisotopic (exact) mass is 2050 g/mol. The van der Waals surface area contributed by atoms with Gasteiger partial charge in [0.05, 0.1) is 108 Å². The zero-order valence-electron chi connectivity index (χ0n) is 90.7. The Bertz CT molecular complexity index is 4930. The molecule has 0 N–H and O–H groups in total. The van der Waals surface area contributed by atoms with Crippen molar-refractivity contribution in [3.8, 4) is 40.2 Å². The normalized spacial score (nSPS) is 10.8. The molecule has 0 unspecified atom stereocenters. The molecule has 0 amide bonds. The molecule has 14 rings (SSSR count). The fourth-order valence-corrected chi connectivity index (χ4v) is 13.9. The minimum Gasteiger partial charge on any atom is -0.494 e. The van der Waals surface area contributed by atoms with E-state index in [0.29, 0.717) is 85.9 Å². The summed E-state index contributed by atoms with van der Waals surface area (Å²) in [7, 11) is 0. The van der Waals surface area contributed by atoms with E-state index in [-0.39, 0.29) is 0 Å². The smallest absolute Gasteiger partial charge is 0.134 e. The van der Waals surface area contributed by atoms with E-state index in [4.69, 9.17) is 103 Å². The summed E-state index contributed by atoms with van der Waals surface area (Å²) >= 11 is 0. The lowest BCUT2D eigenvalue weighted by atomic mass is 10.1. The number of nitrogens with zero attached hydrogens (tertiary/aromatic N) is 7. The van der Waals surface area contributed by atoms with Crippen molar-refractivity contribution in [3.05, 3.63) is 331 Å². The van der Waals surface area contributed by atoms with Gasteiger partial charge in [0.1, 0.15) is 112 Å². The molecule has 0 spiro atoms. The molecule has 0 saturated carbocycles. The predicted molar refractivity (Wildman–Crippen MR) is 577 cm³/mol. The minimum absolute atomic E-state index is 0.445. The first-order valence-corrected chi connectivity index (χ1v) is 52.6. The SMILES string of the molecule is Cc1ccc(OCCCCCOCc2cc(C)on2)cc1.Cc1ccc(OCCCCOCCc2cc(C)on2)cc1.Cc1ccc(OCCCOCCCCc2cc(C)on2)cc1.Cc1ccc(OCCCOCCCc2cc(C)on2)cc1.Cc1ccc(OCCOCCCCCc2cc(C)on2)cc1.Cc1ccc(OCCOCCCCc2cc(C)on2)cc1.Cc1ccc(OCCOCCOCc2cc(C)on2)cc1. The number of aromatic nitrogens is 7. The van der Waals surface area contributed by atoms with Crippen LogP contribution in [0, 0.1) is 96.9 Å². The second-order valence-corrected chi connectivity index (χ2v) is 36.5. The van der Waals surface area contributed by atoms with E-state index >= 15 is 0 Å². The van der Waals surface area contributed by atoms with Gasteiger partial charge in [-0.2, -0.15) is 0 Å². The molecule has 0 aliphatic heterocycles. The molecule has 29 heteroatoms. The molecular formula is C120H163N7O22. The van der Waals surface area contributed by atoms with Gasteiger partial charge in [0, 0.05) is 115 Å². The van der Waals surface area contributed by atoms with Crippen LogP contribution >= 0.6 is 0 Å². The second kappa shape index (κ2) is 76.8. The summed E-state index contributed by atoms with van der Waals surface area (Å²) in [6, 6.07) is 70.2. The first-order chi connectivity index (χ1) is 72.7. The van der Waals surface area contributed by atoms with Crippen molar-refractivity contribution in [2.24, 2.45) is 0 Å². The van der Waals surface area contributed by atoms with E-state index in [1.807, 2.05) is 219 Å². The molecule has 0 radical (unpaired) electrons. The summed E-state index contributed by atoms with van der Waals surface area (Å²) in [6.45, 7) is 42.9. The summed E-state index contributed by atoms with van der Waals surface area (Å²) < 4.78 is 119. The lowest BCUT2D eigenvalue weighted by Gasteiger charge is -2.07. The highest BCUT2D eigenvalue weighted by Gasteiger charge is 2.10. The first kappa shape index (κ1) is 121. The Labute approximate surface area is 882 Å².